The fourth-order valence-electron chi connectivity index (χ4n) is 3.88. The topological polar surface area (TPSA) is 140 Å². The van der Waals surface area contributed by atoms with E-state index in [0.29, 0.717) is 60.8 Å². The van der Waals surface area contributed by atoms with Crippen LogP contribution < -0.4 is 5.73 Å². The number of furan rings is 3. The van der Waals surface area contributed by atoms with Crippen molar-refractivity contribution in [3.8, 4) is 0 Å². The zero-order valence-electron chi connectivity index (χ0n) is 18.8. The molecule has 9 heteroatoms. The lowest BCUT2D eigenvalue weighted by atomic mass is 10.00. The SMILES string of the molecule is N[C@@H](CCCCN1C(c2ccco2)=C(/C(C=O)=C\c2ccco2)C(=O)/C1=C\c1ccco1)C(=O)O. The number of aldehydes is 1. The molecule has 3 aromatic heterocycles. The van der Waals surface area contributed by atoms with Crippen LogP contribution >= 0.6 is 0 Å². The van der Waals surface area contributed by atoms with Crippen LogP contribution in [0.2, 0.25) is 0 Å². The van der Waals surface area contributed by atoms with Crippen LogP contribution in [-0.2, 0) is 14.4 Å². The average molecular weight is 476 g/mol. The number of rotatable bonds is 11. The molecule has 0 spiro atoms. The van der Waals surface area contributed by atoms with Gasteiger partial charge in [-0.15, -0.1) is 0 Å². The maximum atomic E-state index is 13.7. The summed E-state index contributed by atoms with van der Waals surface area (Å²) >= 11 is 0. The molecule has 9 nitrogen and oxygen atoms in total. The van der Waals surface area contributed by atoms with E-state index in [4.69, 9.17) is 24.1 Å². The Morgan fingerprint density at radius 2 is 1.71 bits per heavy atom. The van der Waals surface area contributed by atoms with Crippen molar-refractivity contribution in [1.29, 1.82) is 0 Å². The van der Waals surface area contributed by atoms with Gasteiger partial charge in [0, 0.05) is 18.2 Å². The van der Waals surface area contributed by atoms with Crippen LogP contribution in [0, 0.1) is 0 Å². The Morgan fingerprint density at radius 3 is 2.31 bits per heavy atom. The Labute approximate surface area is 200 Å². The molecule has 0 radical (unpaired) electrons. The van der Waals surface area contributed by atoms with Crippen LogP contribution in [0.15, 0.2) is 85.3 Å². The lowest BCUT2D eigenvalue weighted by Crippen LogP contribution is -2.30. The van der Waals surface area contributed by atoms with Crippen LogP contribution in [0.4, 0.5) is 0 Å². The summed E-state index contributed by atoms with van der Waals surface area (Å²) in [7, 11) is 0. The van der Waals surface area contributed by atoms with Gasteiger partial charge in [0.2, 0.25) is 5.78 Å². The van der Waals surface area contributed by atoms with Crippen molar-refractivity contribution in [2.75, 3.05) is 6.54 Å². The highest BCUT2D eigenvalue weighted by Gasteiger charge is 2.38. The molecule has 1 atom stereocenters. The molecule has 4 rings (SSSR count). The van der Waals surface area contributed by atoms with Crippen LogP contribution in [-0.4, -0.2) is 40.6 Å². The Balaban J connectivity index is 1.77. The van der Waals surface area contributed by atoms with E-state index in [-0.39, 0.29) is 16.9 Å². The van der Waals surface area contributed by atoms with E-state index in [1.54, 1.807) is 47.4 Å². The molecular weight excluding hydrogens is 452 g/mol. The molecule has 35 heavy (non-hydrogen) atoms. The van der Waals surface area contributed by atoms with Crippen LogP contribution in [0.3, 0.4) is 0 Å². The van der Waals surface area contributed by atoms with Crippen molar-refractivity contribution < 1.29 is 32.7 Å². The normalized spacial score (nSPS) is 16.4. The fourth-order valence-corrected chi connectivity index (χ4v) is 3.88. The van der Waals surface area contributed by atoms with Gasteiger partial charge in [-0.1, -0.05) is 0 Å². The molecule has 4 heterocycles. The molecule has 1 aliphatic rings. The minimum Gasteiger partial charge on any atom is -0.480 e. The minimum absolute atomic E-state index is 0.136. The predicted octanol–water partition coefficient (Wildman–Crippen LogP) is 3.97. The van der Waals surface area contributed by atoms with E-state index in [1.165, 1.54) is 24.9 Å². The Bertz CT molecular complexity index is 1260. The summed E-state index contributed by atoms with van der Waals surface area (Å²) in [4.78, 5) is 38.7. The highest BCUT2D eigenvalue weighted by molar-refractivity contribution is 6.25. The van der Waals surface area contributed by atoms with Crippen molar-refractivity contribution in [3.63, 3.8) is 0 Å². The number of carbonyl (C=O) groups excluding carboxylic acids is 2. The number of hydrogen-bond donors (Lipinski definition) is 2. The summed E-state index contributed by atoms with van der Waals surface area (Å²) in [5.74, 6) is -0.139. The van der Waals surface area contributed by atoms with Gasteiger partial charge in [0.25, 0.3) is 0 Å². The molecule has 1 aliphatic heterocycles. The summed E-state index contributed by atoms with van der Waals surface area (Å²) in [5.41, 5.74) is 6.67. The van der Waals surface area contributed by atoms with Crippen molar-refractivity contribution in [3.05, 3.63) is 89.3 Å². The number of Topliss-reactive ketones (excluding diaryl/α,β-unsaturated/α-hetero) is 1. The number of ketones is 1. The molecule has 0 aromatic carbocycles. The maximum absolute atomic E-state index is 13.7. The quantitative estimate of drug-likeness (QED) is 0.239. The summed E-state index contributed by atoms with van der Waals surface area (Å²) in [5, 5.41) is 9.04. The third-order valence-corrected chi connectivity index (χ3v) is 5.55. The zero-order valence-corrected chi connectivity index (χ0v) is 18.8. The molecule has 3 aromatic rings. The summed E-state index contributed by atoms with van der Waals surface area (Å²) in [6.07, 6.45) is 9.54. The molecule has 0 saturated carbocycles. The van der Waals surface area contributed by atoms with Gasteiger partial charge < -0.3 is 29.0 Å². The first-order valence-electron chi connectivity index (χ1n) is 11.0. The number of carboxylic acids is 1. The van der Waals surface area contributed by atoms with Crippen molar-refractivity contribution >= 4 is 35.9 Å². The molecule has 0 amide bonds. The lowest BCUT2D eigenvalue weighted by molar-refractivity contribution is -0.138. The number of nitrogens with two attached hydrogens (primary N) is 1. The summed E-state index contributed by atoms with van der Waals surface area (Å²) in [6.45, 7) is 0.358. The first kappa shape index (κ1) is 23.8. The second-order valence-corrected chi connectivity index (χ2v) is 7.90. The molecule has 0 fully saturated rings. The largest absolute Gasteiger partial charge is 0.480 e. The van der Waals surface area contributed by atoms with Crippen LogP contribution in [0.5, 0.6) is 0 Å². The number of allylic oxidation sites excluding steroid dienone is 2. The van der Waals surface area contributed by atoms with Crippen molar-refractivity contribution in [1.82, 2.24) is 4.90 Å². The number of unbranched alkanes of at least 4 members (excludes halogenated alkanes) is 1. The number of aliphatic carboxylic acids is 1. The average Bonchev–Trinajstić information content (AvgIpc) is 3.65. The van der Waals surface area contributed by atoms with Gasteiger partial charge in [-0.25, -0.2) is 0 Å². The third kappa shape index (κ3) is 5.25. The van der Waals surface area contributed by atoms with Crippen molar-refractivity contribution in [2.45, 2.75) is 25.3 Å². The molecule has 0 aliphatic carbocycles. The highest BCUT2D eigenvalue weighted by Crippen LogP contribution is 2.40. The number of carbonyl (C=O) groups is 3. The number of carboxylic acid groups (broad SMARTS) is 1. The first-order chi connectivity index (χ1) is 17.0. The Morgan fingerprint density at radius 1 is 1.03 bits per heavy atom. The van der Waals surface area contributed by atoms with Crippen molar-refractivity contribution in [2.24, 2.45) is 5.73 Å². The summed E-state index contributed by atoms with van der Waals surface area (Å²) in [6, 6.07) is 9.23. The second-order valence-electron chi connectivity index (χ2n) is 7.90. The summed E-state index contributed by atoms with van der Waals surface area (Å²) < 4.78 is 16.4. The number of nitrogens with zero attached hydrogens (tertiary/aromatic N) is 1. The van der Waals surface area contributed by atoms with Crippen LogP contribution in [0.25, 0.3) is 17.8 Å². The van der Waals surface area contributed by atoms with Gasteiger partial charge >= 0.3 is 5.97 Å². The van der Waals surface area contributed by atoms with E-state index in [1.807, 2.05) is 0 Å². The van der Waals surface area contributed by atoms with Gasteiger partial charge in [-0.05, 0) is 61.7 Å². The van der Waals surface area contributed by atoms with Crippen LogP contribution in [0.1, 0.15) is 36.5 Å². The monoisotopic (exact) mass is 476 g/mol. The highest BCUT2D eigenvalue weighted by atomic mass is 16.4. The third-order valence-electron chi connectivity index (χ3n) is 5.55. The molecular formula is C26H24N2O7. The maximum Gasteiger partial charge on any atom is 0.320 e. The van der Waals surface area contributed by atoms with E-state index < -0.39 is 12.0 Å². The van der Waals surface area contributed by atoms with Gasteiger partial charge in [0.1, 0.15) is 17.6 Å². The molecule has 0 unspecified atom stereocenters. The first-order valence-corrected chi connectivity index (χ1v) is 11.0. The fraction of sp³-hybridized carbons (Fsp3) is 0.192. The van der Waals surface area contributed by atoms with Gasteiger partial charge in [0.05, 0.1) is 35.8 Å². The lowest BCUT2D eigenvalue weighted by Gasteiger charge is -2.22. The van der Waals surface area contributed by atoms with E-state index in [9.17, 15) is 14.4 Å². The molecule has 0 saturated heterocycles. The Hall–Kier alpha value is -4.37. The minimum atomic E-state index is -1.06. The molecule has 180 valence electrons. The molecule has 0 bridgehead atoms. The Kier molecular flexibility index (Phi) is 7.27. The molecule has 3 N–H and O–H groups in total. The predicted molar refractivity (Wildman–Crippen MR) is 126 cm³/mol. The second kappa shape index (κ2) is 10.7. The van der Waals surface area contributed by atoms with Gasteiger partial charge in [-0.3, -0.25) is 14.4 Å². The van der Waals surface area contributed by atoms with E-state index >= 15 is 0 Å². The number of hydrogen-bond acceptors (Lipinski definition) is 8. The van der Waals surface area contributed by atoms with Gasteiger partial charge in [0.15, 0.2) is 12.0 Å². The van der Waals surface area contributed by atoms with Gasteiger partial charge in [-0.2, -0.15) is 0 Å². The van der Waals surface area contributed by atoms with E-state index in [0.717, 1.165) is 0 Å². The standard InChI is InChI=1S/C26H24N2O7/c27-20(26(31)32)8-1-2-10-28-21(15-19-7-4-12-34-19)25(30)23(24(28)22-9-5-13-35-22)17(16-29)14-18-6-3-11-33-18/h3-7,9,11-16,20H,1-2,8,10,27H2,(H,31,32)/b17-14-,21-15+/t20-/m0/s1. The zero-order chi connectivity index (χ0) is 24.8. The smallest absolute Gasteiger partial charge is 0.320 e. The van der Waals surface area contributed by atoms with E-state index in [2.05, 4.69) is 0 Å².